The molecule has 0 radical (unpaired) electrons. The second-order valence-corrected chi connectivity index (χ2v) is 5.50. The van der Waals surface area contributed by atoms with Gasteiger partial charge in [-0.15, -0.1) is 0 Å². The van der Waals surface area contributed by atoms with E-state index in [1.165, 1.54) is 28.6 Å². The molecule has 142 valence electrons. The Hall–Kier alpha value is -3.28. The van der Waals surface area contributed by atoms with Gasteiger partial charge in [-0.1, -0.05) is 12.1 Å². The number of benzene rings is 1. The van der Waals surface area contributed by atoms with Gasteiger partial charge in [-0.05, 0) is 17.7 Å². The molecule has 1 heterocycles. The highest BCUT2D eigenvalue weighted by molar-refractivity contribution is 6.20. The zero-order chi connectivity index (χ0) is 20.0. The molecule has 0 aliphatic rings. The summed E-state index contributed by atoms with van der Waals surface area (Å²) in [6, 6.07) is 7.96. The number of hydrogen-bond acceptors (Lipinski definition) is 4. The van der Waals surface area contributed by atoms with Crippen molar-refractivity contribution in [1.82, 2.24) is 9.36 Å². The fraction of sp³-hybridized carbons (Fsp3) is 0.278. The van der Waals surface area contributed by atoms with Crippen LogP contribution in [0.3, 0.4) is 0 Å². The van der Waals surface area contributed by atoms with Crippen molar-refractivity contribution in [1.29, 1.82) is 5.26 Å². The lowest BCUT2D eigenvalue weighted by molar-refractivity contribution is -0.137. The van der Waals surface area contributed by atoms with E-state index >= 15 is 0 Å². The number of rotatable bonds is 5. The average molecular weight is 378 g/mol. The molecule has 0 fully saturated rings. The van der Waals surface area contributed by atoms with Gasteiger partial charge >= 0.3 is 6.18 Å². The molecule has 0 N–H and O–H groups in total. The average Bonchev–Trinajstić information content (AvgIpc) is 2.99. The maximum Gasteiger partial charge on any atom is 0.416 e. The number of ether oxygens (including phenoxy) is 1. The highest BCUT2D eigenvalue weighted by Crippen LogP contribution is 2.31. The molecule has 6 nitrogen and oxygen atoms in total. The fourth-order valence-corrected chi connectivity index (χ4v) is 2.40. The zero-order valence-corrected chi connectivity index (χ0v) is 14.7. The molecule has 1 aromatic heterocycles. The van der Waals surface area contributed by atoms with Crippen LogP contribution in [0.25, 0.3) is 5.57 Å². The Bertz CT molecular complexity index is 962. The summed E-state index contributed by atoms with van der Waals surface area (Å²) in [5.41, 5.74) is -0.585. The SMILES string of the molecule is CO/C=C(/C(=O)n1c(=NCCC#N)ccn1C)c1cccc(C(F)(F)F)c1. The highest BCUT2D eigenvalue weighted by Gasteiger charge is 2.31. The first-order chi connectivity index (χ1) is 12.8. The van der Waals surface area contributed by atoms with Gasteiger partial charge in [0.05, 0.1) is 43.5 Å². The van der Waals surface area contributed by atoms with Crippen molar-refractivity contribution in [2.45, 2.75) is 12.6 Å². The van der Waals surface area contributed by atoms with E-state index in [-0.39, 0.29) is 29.6 Å². The standard InChI is InChI=1S/C18H17F3N4O2/c1-24-10-7-16(23-9-4-8-22)25(24)17(26)15(12-27-2)13-5-3-6-14(11-13)18(19,20)21/h3,5-7,10-12H,4,9H2,1-2H3/b15-12+,23-16?. The maximum absolute atomic E-state index is 13.0. The molecule has 0 amide bonds. The van der Waals surface area contributed by atoms with Crippen LogP contribution >= 0.6 is 0 Å². The van der Waals surface area contributed by atoms with E-state index in [1.807, 2.05) is 6.07 Å². The van der Waals surface area contributed by atoms with Gasteiger partial charge in [0.25, 0.3) is 5.91 Å². The normalized spacial score (nSPS) is 12.7. The second kappa shape index (κ2) is 8.40. The van der Waals surface area contributed by atoms with Gasteiger partial charge in [-0.2, -0.15) is 23.1 Å². The molecule has 2 rings (SSSR count). The predicted molar refractivity (Wildman–Crippen MR) is 91.1 cm³/mol. The molecule has 0 saturated heterocycles. The predicted octanol–water partition coefficient (Wildman–Crippen LogP) is 2.99. The van der Waals surface area contributed by atoms with Gasteiger partial charge in [-0.3, -0.25) is 14.5 Å². The molecule has 0 aliphatic heterocycles. The summed E-state index contributed by atoms with van der Waals surface area (Å²) in [6.07, 6.45) is -1.68. The van der Waals surface area contributed by atoms with Crippen LogP contribution in [0.4, 0.5) is 13.2 Å². The van der Waals surface area contributed by atoms with Crippen molar-refractivity contribution < 1.29 is 22.7 Å². The Morgan fingerprint density at radius 1 is 1.37 bits per heavy atom. The molecule has 0 saturated carbocycles. The number of alkyl halides is 3. The summed E-state index contributed by atoms with van der Waals surface area (Å²) in [4.78, 5) is 17.2. The van der Waals surface area contributed by atoms with E-state index in [1.54, 1.807) is 19.3 Å². The van der Waals surface area contributed by atoms with E-state index in [9.17, 15) is 18.0 Å². The first kappa shape index (κ1) is 20.0. The Morgan fingerprint density at radius 3 is 2.74 bits per heavy atom. The molecule has 0 spiro atoms. The monoisotopic (exact) mass is 378 g/mol. The summed E-state index contributed by atoms with van der Waals surface area (Å²) in [5, 5.41) is 8.62. The minimum atomic E-state index is -4.53. The largest absolute Gasteiger partial charge is 0.504 e. The van der Waals surface area contributed by atoms with Crippen molar-refractivity contribution in [3.63, 3.8) is 0 Å². The molecule has 9 heteroatoms. The molecule has 0 unspecified atom stereocenters. The van der Waals surface area contributed by atoms with Gasteiger partial charge < -0.3 is 4.74 Å². The van der Waals surface area contributed by atoms with Gasteiger partial charge in [0.15, 0.2) is 5.49 Å². The number of aryl methyl sites for hydroxylation is 1. The van der Waals surface area contributed by atoms with Crippen LogP contribution in [0.5, 0.6) is 0 Å². The Morgan fingerprint density at radius 2 is 2.11 bits per heavy atom. The third-order valence-corrected chi connectivity index (χ3v) is 3.63. The van der Waals surface area contributed by atoms with Crippen LogP contribution in [0.1, 0.15) is 22.3 Å². The zero-order valence-electron chi connectivity index (χ0n) is 14.7. The number of hydrogen-bond donors (Lipinski definition) is 0. The summed E-state index contributed by atoms with van der Waals surface area (Å²) in [5.74, 6) is -0.612. The molecule has 0 bridgehead atoms. The Labute approximate surface area is 153 Å². The quantitative estimate of drug-likeness (QED) is 0.456. The van der Waals surface area contributed by atoms with Gasteiger partial charge in [0, 0.05) is 19.3 Å². The lowest BCUT2D eigenvalue weighted by Gasteiger charge is -2.13. The van der Waals surface area contributed by atoms with Crippen LogP contribution < -0.4 is 5.49 Å². The molecule has 2 aromatic rings. The molecule has 1 aromatic carbocycles. The smallest absolute Gasteiger partial charge is 0.416 e. The molecular weight excluding hydrogens is 361 g/mol. The number of allylic oxidation sites excluding steroid dienone is 1. The number of halogens is 3. The number of carbonyl (C=O) groups is 1. The van der Waals surface area contributed by atoms with E-state index in [4.69, 9.17) is 10.00 Å². The third kappa shape index (κ3) is 4.67. The van der Waals surface area contributed by atoms with Crippen molar-refractivity contribution in [2.24, 2.45) is 12.0 Å². The summed E-state index contributed by atoms with van der Waals surface area (Å²) >= 11 is 0. The van der Waals surface area contributed by atoms with Crippen molar-refractivity contribution in [3.05, 3.63) is 59.4 Å². The molecule has 27 heavy (non-hydrogen) atoms. The maximum atomic E-state index is 13.0. The topological polar surface area (TPSA) is 72.3 Å². The van der Waals surface area contributed by atoms with E-state index in [0.717, 1.165) is 18.4 Å². The summed E-state index contributed by atoms with van der Waals surface area (Å²) < 4.78 is 46.6. The summed E-state index contributed by atoms with van der Waals surface area (Å²) in [6.45, 7) is 0.195. The van der Waals surface area contributed by atoms with Gasteiger partial charge in [0.1, 0.15) is 0 Å². The molecule has 0 atom stereocenters. The van der Waals surface area contributed by atoms with Gasteiger partial charge in [0.2, 0.25) is 0 Å². The Kier molecular flexibility index (Phi) is 6.23. The van der Waals surface area contributed by atoms with Gasteiger partial charge in [-0.25, -0.2) is 0 Å². The van der Waals surface area contributed by atoms with Crippen LogP contribution in [-0.4, -0.2) is 28.9 Å². The molecular formula is C18H17F3N4O2. The number of aromatic nitrogens is 2. The van der Waals surface area contributed by atoms with E-state index < -0.39 is 17.6 Å². The number of nitrogens with zero attached hydrogens (tertiary/aromatic N) is 4. The van der Waals surface area contributed by atoms with Crippen LogP contribution in [0, 0.1) is 11.3 Å². The minimum Gasteiger partial charge on any atom is -0.504 e. The third-order valence-electron chi connectivity index (χ3n) is 3.63. The lowest BCUT2D eigenvalue weighted by Crippen LogP contribution is -2.30. The van der Waals surface area contributed by atoms with E-state index in [0.29, 0.717) is 0 Å². The minimum absolute atomic E-state index is 0.0628. The lowest BCUT2D eigenvalue weighted by atomic mass is 10.0. The highest BCUT2D eigenvalue weighted by atomic mass is 19.4. The first-order valence-corrected chi connectivity index (χ1v) is 7.87. The van der Waals surface area contributed by atoms with Crippen molar-refractivity contribution in [2.75, 3.05) is 13.7 Å². The first-order valence-electron chi connectivity index (χ1n) is 7.87. The number of methoxy groups -OCH3 is 1. The molecule has 0 aliphatic carbocycles. The Balaban J connectivity index is 2.53. The van der Waals surface area contributed by atoms with Crippen LogP contribution in [0.15, 0.2) is 47.8 Å². The van der Waals surface area contributed by atoms with E-state index in [2.05, 4.69) is 4.99 Å². The summed E-state index contributed by atoms with van der Waals surface area (Å²) in [7, 11) is 2.90. The number of carbonyl (C=O) groups excluding carboxylic acids is 1. The van der Waals surface area contributed by atoms with Crippen LogP contribution in [-0.2, 0) is 18.0 Å². The second-order valence-electron chi connectivity index (χ2n) is 5.50. The number of nitriles is 1. The van der Waals surface area contributed by atoms with Crippen LogP contribution in [0.2, 0.25) is 0 Å². The van der Waals surface area contributed by atoms with Crippen molar-refractivity contribution >= 4 is 11.5 Å². The van der Waals surface area contributed by atoms with Crippen molar-refractivity contribution in [3.8, 4) is 6.07 Å². The fourth-order valence-electron chi connectivity index (χ4n) is 2.40.